The van der Waals surface area contributed by atoms with Crippen molar-refractivity contribution >= 4 is 80.7 Å². The van der Waals surface area contributed by atoms with E-state index < -0.39 is 0 Å². The quantitative estimate of drug-likeness (QED) is 0.165. The second-order valence-corrected chi connectivity index (χ2v) is 13.2. The highest BCUT2D eigenvalue weighted by atomic mass is 32.1. The zero-order valence-electron chi connectivity index (χ0n) is 31.3. The fourth-order valence-corrected chi connectivity index (χ4v) is 7.61. The molecule has 2 nitrogen and oxygen atoms in total. The summed E-state index contributed by atoms with van der Waals surface area (Å²) < 4.78 is 2.39. The Balaban J connectivity index is 0.00000153. The van der Waals surface area contributed by atoms with E-state index in [0.29, 0.717) is 0 Å². The van der Waals surface area contributed by atoms with E-state index >= 15 is 0 Å². The van der Waals surface area contributed by atoms with Crippen LogP contribution in [-0.2, 0) is 0 Å². The number of anilines is 2. The van der Waals surface area contributed by atoms with E-state index in [-0.39, 0.29) is 13.5 Å². The molecule has 8 aromatic rings. The molecule has 0 bridgehead atoms. The molecule has 0 fully saturated rings. The van der Waals surface area contributed by atoms with Crippen molar-refractivity contribution in [3.63, 3.8) is 0 Å². The van der Waals surface area contributed by atoms with Crippen LogP contribution in [0.25, 0.3) is 72.7 Å². The summed E-state index contributed by atoms with van der Waals surface area (Å²) >= 11 is 0. The van der Waals surface area contributed by atoms with Crippen molar-refractivity contribution in [2.75, 3.05) is 4.90 Å². The fraction of sp³-hybridized carbons (Fsp3) is 0.0385. The molecule has 55 heavy (non-hydrogen) atoms. The number of aromatic nitrogens is 1. The zero-order valence-corrected chi connectivity index (χ0v) is 32.3. The van der Waals surface area contributed by atoms with E-state index in [0.717, 1.165) is 56.0 Å². The maximum Gasteiger partial charge on any atom is 0.0541 e. The highest BCUT2D eigenvalue weighted by molar-refractivity contribution is 7.59. The lowest BCUT2D eigenvalue weighted by Gasteiger charge is -2.26. The third-order valence-electron chi connectivity index (χ3n) is 10.2. The van der Waals surface area contributed by atoms with Crippen molar-refractivity contribution in [1.82, 2.24) is 4.57 Å². The minimum atomic E-state index is 0. The first kappa shape index (κ1) is 36.8. The molecule has 1 aliphatic heterocycles. The number of rotatable bonds is 6. The molecule has 7 aromatic carbocycles. The van der Waals surface area contributed by atoms with Crippen LogP contribution >= 0.6 is 13.5 Å². The topological polar surface area (TPSA) is 8.17 Å². The van der Waals surface area contributed by atoms with Crippen LogP contribution in [0.5, 0.6) is 0 Å². The van der Waals surface area contributed by atoms with E-state index in [1.54, 1.807) is 0 Å². The third-order valence-corrected chi connectivity index (χ3v) is 10.2. The number of nitrogens with zero attached hydrogens (tertiary/aromatic N) is 2. The van der Waals surface area contributed by atoms with Gasteiger partial charge in [-0.15, -0.1) is 0 Å². The molecule has 0 saturated heterocycles. The maximum atomic E-state index is 4.54. The van der Waals surface area contributed by atoms with Crippen molar-refractivity contribution in [3.8, 4) is 16.8 Å². The highest BCUT2D eigenvalue weighted by Gasteiger charge is 2.18. The number of hydrogen-bond acceptors (Lipinski definition) is 1. The largest absolute Gasteiger partial charge is 0.317 e. The minimum Gasteiger partial charge on any atom is -0.317 e. The molecule has 0 spiro atoms. The molecule has 1 aliphatic rings. The third kappa shape index (κ3) is 6.76. The number of allylic oxidation sites excluding steroid dienone is 4. The van der Waals surface area contributed by atoms with Gasteiger partial charge >= 0.3 is 0 Å². The van der Waals surface area contributed by atoms with Crippen molar-refractivity contribution in [2.45, 2.75) is 13.8 Å². The molecule has 0 radical (unpaired) electrons. The van der Waals surface area contributed by atoms with Crippen LogP contribution in [-0.4, -0.2) is 4.57 Å². The van der Waals surface area contributed by atoms with Gasteiger partial charge in [0.1, 0.15) is 0 Å². The number of fused-ring (bicyclic) bond motifs is 5. The Morgan fingerprint density at radius 1 is 0.527 bits per heavy atom. The van der Waals surface area contributed by atoms with Crippen LogP contribution in [0.1, 0.15) is 36.1 Å². The Kier molecular flexibility index (Phi) is 10.6. The van der Waals surface area contributed by atoms with Gasteiger partial charge in [-0.05, 0) is 116 Å². The van der Waals surface area contributed by atoms with Crippen LogP contribution in [0.4, 0.5) is 11.4 Å². The molecule has 268 valence electrons. The first-order valence-corrected chi connectivity index (χ1v) is 18.6. The summed E-state index contributed by atoms with van der Waals surface area (Å²) in [5, 5.41) is 4.95. The lowest BCUT2D eigenvalue weighted by Crippen LogP contribution is -2.12. The first-order valence-electron chi connectivity index (χ1n) is 18.6. The van der Waals surface area contributed by atoms with Crippen LogP contribution in [0.3, 0.4) is 0 Å². The summed E-state index contributed by atoms with van der Waals surface area (Å²) in [5.74, 6) is 0. The standard InChI is InChI=1S/C50H36N2.C2H6.H2S/c1-4-35-21-24-43(31-36(35)5-2)51-28-27-42(29-34(3)45-17-8-10-19-48(45)51)39-16-12-15-38(30-39)41-23-26-50-47(33-41)46-18-9-11-20-49(46)52(50)44-25-22-37-13-6-7-14-40(37)32-44;1-2;/h4-33H,1-3H2;1-2H3;1H2/b28-27-,42-29+;;. The van der Waals surface area contributed by atoms with Crippen LogP contribution in [0.15, 0.2) is 190 Å². The highest BCUT2D eigenvalue weighted by Crippen LogP contribution is 2.39. The van der Waals surface area contributed by atoms with E-state index in [1.165, 1.54) is 38.1 Å². The Hall–Kier alpha value is -6.55. The van der Waals surface area contributed by atoms with Gasteiger partial charge in [-0.1, -0.05) is 143 Å². The molecule has 0 unspecified atom stereocenters. The lowest BCUT2D eigenvalue weighted by atomic mass is 9.94. The van der Waals surface area contributed by atoms with Gasteiger partial charge in [0.2, 0.25) is 0 Å². The Labute approximate surface area is 331 Å². The number of benzene rings is 7. The van der Waals surface area contributed by atoms with Gasteiger partial charge in [0.05, 0.1) is 16.7 Å². The molecule has 3 heteroatoms. The van der Waals surface area contributed by atoms with Crippen molar-refractivity contribution in [3.05, 3.63) is 212 Å². The van der Waals surface area contributed by atoms with Crippen molar-refractivity contribution < 1.29 is 0 Å². The van der Waals surface area contributed by atoms with E-state index in [2.05, 4.69) is 199 Å². The predicted octanol–water partition coefficient (Wildman–Crippen LogP) is 14.8. The molecular formula is C52H44N2S. The van der Waals surface area contributed by atoms with E-state index in [1.807, 2.05) is 26.0 Å². The smallest absolute Gasteiger partial charge is 0.0541 e. The Morgan fingerprint density at radius 3 is 2.05 bits per heavy atom. The Bertz CT molecular complexity index is 2810. The predicted molar refractivity (Wildman–Crippen MR) is 247 cm³/mol. The maximum absolute atomic E-state index is 4.54. The SMILES string of the molecule is C=Cc1ccc(N2/C=C\C(c3cccc(-c4ccc5c(c4)c4ccccc4n5-c4ccc5ccccc5c4)c3)=C/C(=C)c3ccccc32)cc1C=C.CC.S. The molecule has 0 N–H and O–H groups in total. The summed E-state index contributed by atoms with van der Waals surface area (Å²) in [6.07, 6.45) is 10.3. The molecule has 0 amide bonds. The minimum absolute atomic E-state index is 0. The Morgan fingerprint density at radius 2 is 1.22 bits per heavy atom. The van der Waals surface area contributed by atoms with Crippen LogP contribution in [0.2, 0.25) is 0 Å². The molecule has 0 saturated carbocycles. The van der Waals surface area contributed by atoms with Crippen molar-refractivity contribution in [1.29, 1.82) is 0 Å². The molecule has 2 heterocycles. The summed E-state index contributed by atoms with van der Waals surface area (Å²) in [7, 11) is 0. The second kappa shape index (κ2) is 15.8. The summed E-state index contributed by atoms with van der Waals surface area (Å²) in [5.41, 5.74) is 14.4. The van der Waals surface area contributed by atoms with Crippen LogP contribution < -0.4 is 4.90 Å². The average molecular weight is 729 g/mol. The normalized spacial score (nSPS) is 13.7. The fourth-order valence-electron chi connectivity index (χ4n) is 7.61. The van der Waals surface area contributed by atoms with Gasteiger partial charge in [0.25, 0.3) is 0 Å². The lowest BCUT2D eigenvalue weighted by molar-refractivity contribution is 1.19. The first-order chi connectivity index (χ1) is 26.6. The molecular weight excluding hydrogens is 685 g/mol. The number of hydrogen-bond donors (Lipinski definition) is 0. The van der Waals surface area contributed by atoms with Gasteiger partial charge in [-0.25, -0.2) is 0 Å². The van der Waals surface area contributed by atoms with E-state index in [9.17, 15) is 0 Å². The monoisotopic (exact) mass is 728 g/mol. The molecule has 0 atom stereocenters. The van der Waals surface area contributed by atoms with Crippen molar-refractivity contribution in [2.24, 2.45) is 0 Å². The van der Waals surface area contributed by atoms with Gasteiger partial charge in [0.15, 0.2) is 0 Å². The van der Waals surface area contributed by atoms with E-state index in [4.69, 9.17) is 0 Å². The molecule has 0 aliphatic carbocycles. The summed E-state index contributed by atoms with van der Waals surface area (Å²) in [6, 6.07) is 54.5. The zero-order chi connectivity index (χ0) is 37.2. The van der Waals surface area contributed by atoms with Gasteiger partial charge in [-0.2, -0.15) is 13.5 Å². The average Bonchev–Trinajstić information content (AvgIpc) is 3.57. The van der Waals surface area contributed by atoms with Gasteiger partial charge < -0.3 is 9.47 Å². The summed E-state index contributed by atoms with van der Waals surface area (Å²) in [6.45, 7) is 16.6. The van der Waals surface area contributed by atoms with Crippen LogP contribution in [0, 0.1) is 0 Å². The number of para-hydroxylation sites is 2. The van der Waals surface area contributed by atoms with Gasteiger partial charge in [-0.3, -0.25) is 0 Å². The molecule has 1 aromatic heterocycles. The summed E-state index contributed by atoms with van der Waals surface area (Å²) in [4.78, 5) is 2.23. The second-order valence-electron chi connectivity index (χ2n) is 13.2. The molecule has 9 rings (SSSR count). The van der Waals surface area contributed by atoms with Gasteiger partial charge in [0, 0.05) is 33.9 Å².